The van der Waals surface area contributed by atoms with E-state index >= 15 is 0 Å². The van der Waals surface area contributed by atoms with Gasteiger partial charge in [0.1, 0.15) is 0 Å². The Hall–Kier alpha value is -5.94. The fraction of sp³-hybridized carbons (Fsp3) is 0.0256. The van der Waals surface area contributed by atoms with Crippen LogP contribution in [0.5, 0.6) is 0 Å². The van der Waals surface area contributed by atoms with Gasteiger partial charge in [-0.3, -0.25) is 4.98 Å². The molecule has 0 unspecified atom stereocenters. The van der Waals surface area contributed by atoms with Gasteiger partial charge in [0, 0.05) is 39.2 Å². The van der Waals surface area contributed by atoms with Crippen LogP contribution in [0.25, 0.3) is 72.9 Å². The van der Waals surface area contributed by atoms with Gasteiger partial charge in [-0.2, -0.15) is 0 Å². The lowest BCUT2D eigenvalue weighted by Crippen LogP contribution is -2.04. The number of rotatable bonds is 5. The Labute approximate surface area is 255 Å². The number of benzene rings is 5. The highest BCUT2D eigenvalue weighted by atomic mass is 15.1. The molecule has 0 amide bonds. The van der Waals surface area contributed by atoms with Crippen molar-refractivity contribution in [3.8, 4) is 51.1 Å². The molecule has 0 aliphatic heterocycles. The number of fused-ring (bicyclic) bond motifs is 3. The van der Waals surface area contributed by atoms with Crippen LogP contribution in [0.1, 0.15) is 5.56 Å². The monoisotopic (exact) mass is 565 g/mol. The summed E-state index contributed by atoms with van der Waals surface area (Å²) in [6.45, 7) is 2.14. The molecular formula is C39H27N5. The van der Waals surface area contributed by atoms with Crippen LogP contribution in [0.15, 0.2) is 146 Å². The molecule has 208 valence electrons. The molecular weight excluding hydrogens is 538 g/mol. The van der Waals surface area contributed by atoms with Crippen molar-refractivity contribution in [2.75, 3.05) is 0 Å². The fourth-order valence-corrected chi connectivity index (χ4v) is 5.87. The SMILES string of the molecule is Cc1ccc2c(c1)c1ccccc1n2-c1cc(-c2ccccn2)ccc1-c1nc(-c2ccccc2)nc(-c2ccccc2)n1. The molecule has 3 aromatic heterocycles. The number of nitrogens with zero attached hydrogens (tertiary/aromatic N) is 5. The van der Waals surface area contributed by atoms with Crippen LogP contribution in [-0.2, 0) is 0 Å². The van der Waals surface area contributed by atoms with Gasteiger partial charge in [0.15, 0.2) is 17.5 Å². The number of aryl methyl sites for hydroxylation is 1. The highest BCUT2D eigenvalue weighted by Gasteiger charge is 2.20. The molecule has 0 atom stereocenters. The molecule has 0 bridgehead atoms. The molecule has 8 aromatic rings. The number of hydrogen-bond donors (Lipinski definition) is 0. The summed E-state index contributed by atoms with van der Waals surface area (Å²) in [4.78, 5) is 19.8. The Kier molecular flexibility index (Phi) is 6.27. The van der Waals surface area contributed by atoms with Crippen LogP contribution < -0.4 is 0 Å². The van der Waals surface area contributed by atoms with Gasteiger partial charge in [0.25, 0.3) is 0 Å². The molecule has 0 N–H and O–H groups in total. The fourth-order valence-electron chi connectivity index (χ4n) is 5.87. The van der Waals surface area contributed by atoms with E-state index in [4.69, 9.17) is 15.0 Å². The first-order valence-corrected chi connectivity index (χ1v) is 14.7. The lowest BCUT2D eigenvalue weighted by molar-refractivity contribution is 1.06. The molecule has 5 heteroatoms. The van der Waals surface area contributed by atoms with Gasteiger partial charge in [-0.25, -0.2) is 15.0 Å². The predicted molar refractivity (Wildman–Crippen MR) is 178 cm³/mol. The summed E-state index contributed by atoms with van der Waals surface area (Å²) >= 11 is 0. The van der Waals surface area contributed by atoms with Crippen molar-refractivity contribution < 1.29 is 0 Å². The van der Waals surface area contributed by atoms with E-state index in [9.17, 15) is 0 Å². The smallest absolute Gasteiger partial charge is 0.166 e. The first-order valence-electron chi connectivity index (χ1n) is 14.7. The second-order valence-electron chi connectivity index (χ2n) is 10.9. The minimum atomic E-state index is 0.610. The highest BCUT2D eigenvalue weighted by molar-refractivity contribution is 6.10. The van der Waals surface area contributed by atoms with Crippen molar-refractivity contribution in [1.82, 2.24) is 24.5 Å². The van der Waals surface area contributed by atoms with E-state index in [1.165, 1.54) is 16.3 Å². The van der Waals surface area contributed by atoms with E-state index in [2.05, 4.69) is 77.1 Å². The zero-order valence-corrected chi connectivity index (χ0v) is 24.1. The standard InChI is InChI=1S/C39H27N5/c1-26-19-22-35-32(24-26)30-16-8-9-18-34(30)44(35)36-25-29(33-17-10-11-23-40-33)20-21-31(36)39-42-37(27-12-4-2-5-13-27)41-38(43-39)28-14-6-3-7-15-28/h2-25H,1H3. The lowest BCUT2D eigenvalue weighted by atomic mass is 10.0. The molecule has 0 radical (unpaired) electrons. The van der Waals surface area contributed by atoms with Gasteiger partial charge in [-0.05, 0) is 49.4 Å². The maximum atomic E-state index is 5.10. The number of para-hydroxylation sites is 1. The average Bonchev–Trinajstić information content (AvgIpc) is 3.42. The van der Waals surface area contributed by atoms with Gasteiger partial charge < -0.3 is 4.57 Å². The third-order valence-electron chi connectivity index (χ3n) is 7.97. The van der Waals surface area contributed by atoms with Crippen molar-refractivity contribution in [1.29, 1.82) is 0 Å². The Balaban J connectivity index is 1.45. The quantitative estimate of drug-likeness (QED) is 0.209. The van der Waals surface area contributed by atoms with Crippen molar-refractivity contribution >= 4 is 21.8 Å². The predicted octanol–water partition coefficient (Wildman–Crippen LogP) is 9.34. The zero-order chi connectivity index (χ0) is 29.5. The van der Waals surface area contributed by atoms with E-state index < -0.39 is 0 Å². The summed E-state index contributed by atoms with van der Waals surface area (Å²) in [6, 6.07) is 47.8. The molecule has 5 nitrogen and oxygen atoms in total. The van der Waals surface area contributed by atoms with E-state index in [0.717, 1.165) is 44.7 Å². The van der Waals surface area contributed by atoms with Crippen LogP contribution >= 0.6 is 0 Å². The normalized spacial score (nSPS) is 11.3. The van der Waals surface area contributed by atoms with E-state index in [0.29, 0.717) is 17.5 Å². The Morgan fingerprint density at radius 3 is 1.82 bits per heavy atom. The Bertz CT molecular complexity index is 2220. The molecule has 8 rings (SSSR count). The molecule has 0 aliphatic carbocycles. The third-order valence-corrected chi connectivity index (χ3v) is 7.97. The van der Waals surface area contributed by atoms with Gasteiger partial charge in [0.05, 0.1) is 22.4 Å². The summed E-state index contributed by atoms with van der Waals surface area (Å²) in [5, 5.41) is 2.41. The second-order valence-corrected chi connectivity index (χ2v) is 10.9. The van der Waals surface area contributed by atoms with Crippen molar-refractivity contribution in [3.63, 3.8) is 0 Å². The van der Waals surface area contributed by atoms with Crippen LogP contribution in [-0.4, -0.2) is 24.5 Å². The molecule has 0 saturated carbocycles. The van der Waals surface area contributed by atoms with Gasteiger partial charge >= 0.3 is 0 Å². The number of hydrogen-bond acceptors (Lipinski definition) is 4. The van der Waals surface area contributed by atoms with Crippen LogP contribution in [0.4, 0.5) is 0 Å². The molecule has 0 spiro atoms. The van der Waals surface area contributed by atoms with Crippen LogP contribution in [0.2, 0.25) is 0 Å². The summed E-state index contributed by atoms with van der Waals surface area (Å²) in [5.74, 6) is 1.87. The third kappa shape index (κ3) is 4.52. The molecule has 0 fully saturated rings. The lowest BCUT2D eigenvalue weighted by Gasteiger charge is -2.16. The minimum absolute atomic E-state index is 0.610. The van der Waals surface area contributed by atoms with Gasteiger partial charge in [-0.15, -0.1) is 0 Å². The van der Waals surface area contributed by atoms with E-state index in [-0.39, 0.29) is 0 Å². The summed E-state index contributed by atoms with van der Waals surface area (Å²) < 4.78 is 2.33. The highest BCUT2D eigenvalue weighted by Crippen LogP contribution is 2.38. The van der Waals surface area contributed by atoms with Crippen molar-refractivity contribution in [2.24, 2.45) is 0 Å². The summed E-state index contributed by atoms with van der Waals surface area (Å²) in [7, 11) is 0. The topological polar surface area (TPSA) is 56.5 Å². The average molecular weight is 566 g/mol. The van der Waals surface area contributed by atoms with Gasteiger partial charge in [-0.1, -0.05) is 103 Å². The Morgan fingerprint density at radius 1 is 0.477 bits per heavy atom. The maximum absolute atomic E-state index is 5.10. The first-order chi connectivity index (χ1) is 21.7. The van der Waals surface area contributed by atoms with Crippen LogP contribution in [0.3, 0.4) is 0 Å². The molecule has 3 heterocycles. The largest absolute Gasteiger partial charge is 0.308 e. The molecule has 5 aromatic carbocycles. The molecule has 0 saturated heterocycles. The molecule has 0 aliphatic rings. The van der Waals surface area contributed by atoms with Gasteiger partial charge in [0.2, 0.25) is 0 Å². The Morgan fingerprint density at radius 2 is 1.11 bits per heavy atom. The van der Waals surface area contributed by atoms with Crippen molar-refractivity contribution in [3.05, 3.63) is 151 Å². The zero-order valence-electron chi connectivity index (χ0n) is 24.1. The first kappa shape index (κ1) is 25.7. The summed E-state index contributed by atoms with van der Waals surface area (Å²) in [6.07, 6.45) is 1.83. The second kappa shape index (κ2) is 10.7. The maximum Gasteiger partial charge on any atom is 0.166 e. The summed E-state index contributed by atoms with van der Waals surface area (Å²) in [5.41, 5.74) is 9.15. The molecule has 44 heavy (non-hydrogen) atoms. The van der Waals surface area contributed by atoms with E-state index in [1.807, 2.05) is 85.1 Å². The van der Waals surface area contributed by atoms with Crippen LogP contribution in [0, 0.1) is 6.92 Å². The van der Waals surface area contributed by atoms with E-state index in [1.54, 1.807) is 0 Å². The van der Waals surface area contributed by atoms with Crippen molar-refractivity contribution in [2.45, 2.75) is 6.92 Å². The number of aromatic nitrogens is 5. The number of pyridine rings is 1. The minimum Gasteiger partial charge on any atom is -0.308 e.